The first-order valence-corrected chi connectivity index (χ1v) is 8.16. The second-order valence-electron chi connectivity index (χ2n) is 6.45. The van der Waals surface area contributed by atoms with E-state index in [4.69, 9.17) is 4.74 Å². The van der Waals surface area contributed by atoms with Crippen LogP contribution in [0.5, 0.6) is 5.75 Å². The van der Waals surface area contributed by atoms with E-state index in [9.17, 15) is 9.59 Å². The van der Waals surface area contributed by atoms with Crippen molar-refractivity contribution in [3.05, 3.63) is 48.3 Å². The van der Waals surface area contributed by atoms with Crippen molar-refractivity contribution in [3.8, 4) is 5.75 Å². The Hall–Kier alpha value is -3.09. The summed E-state index contributed by atoms with van der Waals surface area (Å²) in [6.45, 7) is 3.81. The molecule has 0 aliphatic carbocycles. The minimum absolute atomic E-state index is 0.0323. The van der Waals surface area contributed by atoms with Crippen LogP contribution in [0.3, 0.4) is 0 Å². The van der Waals surface area contributed by atoms with Gasteiger partial charge in [0, 0.05) is 24.0 Å². The van der Waals surface area contributed by atoms with Gasteiger partial charge in [-0.2, -0.15) is 0 Å². The molecular formula is C18H18N4O3. The smallest absolute Gasteiger partial charge is 0.329 e. The first-order valence-electron chi connectivity index (χ1n) is 8.16. The lowest BCUT2D eigenvalue weighted by atomic mass is 10.0. The van der Waals surface area contributed by atoms with Crippen molar-refractivity contribution >= 4 is 23.3 Å². The molecular weight excluding hydrogens is 320 g/mol. The van der Waals surface area contributed by atoms with E-state index in [1.165, 1.54) is 4.90 Å². The third-order valence-electron chi connectivity index (χ3n) is 4.40. The number of imide groups is 1. The molecule has 4 rings (SSSR count). The number of rotatable bonds is 3. The highest BCUT2D eigenvalue weighted by molar-refractivity contribution is 6.21. The highest BCUT2D eigenvalue weighted by atomic mass is 16.5. The minimum atomic E-state index is -0.496. The standard InChI is InChI=1S/C18H18N4O3/c1-10(2)15-17(23)22(18(24)21-15)12-3-4-13-14(9-12)25-16(20-13)11-5-7-19-8-6-11/h3-10,15-16,20H,1-2H3,(H,21,24). The number of aromatic nitrogens is 1. The number of ether oxygens (including phenoxy) is 1. The van der Waals surface area contributed by atoms with Gasteiger partial charge < -0.3 is 15.4 Å². The van der Waals surface area contributed by atoms with Gasteiger partial charge in [0.25, 0.3) is 5.91 Å². The van der Waals surface area contributed by atoms with Crippen molar-refractivity contribution in [2.45, 2.75) is 26.1 Å². The predicted molar refractivity (Wildman–Crippen MR) is 92.3 cm³/mol. The summed E-state index contributed by atoms with van der Waals surface area (Å²) in [5, 5.41) is 5.99. The number of nitrogens with one attached hydrogen (secondary N) is 2. The van der Waals surface area contributed by atoms with Crippen molar-refractivity contribution in [3.63, 3.8) is 0 Å². The second kappa shape index (κ2) is 5.77. The highest BCUT2D eigenvalue weighted by Gasteiger charge is 2.41. The number of hydrogen-bond acceptors (Lipinski definition) is 5. The van der Waals surface area contributed by atoms with Crippen LogP contribution in [0.15, 0.2) is 42.7 Å². The quantitative estimate of drug-likeness (QED) is 0.841. The normalized spacial score (nSPS) is 21.8. The monoisotopic (exact) mass is 338 g/mol. The molecule has 1 fully saturated rings. The summed E-state index contributed by atoms with van der Waals surface area (Å²) >= 11 is 0. The van der Waals surface area contributed by atoms with Crippen molar-refractivity contribution in [1.29, 1.82) is 0 Å². The van der Waals surface area contributed by atoms with Crippen LogP contribution in [-0.4, -0.2) is 23.0 Å². The van der Waals surface area contributed by atoms with Crippen molar-refractivity contribution in [2.75, 3.05) is 10.2 Å². The molecule has 2 unspecified atom stereocenters. The molecule has 1 saturated heterocycles. The molecule has 2 N–H and O–H groups in total. The van der Waals surface area contributed by atoms with Gasteiger partial charge in [-0.1, -0.05) is 13.8 Å². The number of benzene rings is 1. The molecule has 0 radical (unpaired) electrons. The molecule has 2 aliphatic rings. The molecule has 1 aromatic heterocycles. The van der Waals surface area contributed by atoms with Gasteiger partial charge in [-0.05, 0) is 30.2 Å². The maximum atomic E-state index is 12.5. The van der Waals surface area contributed by atoms with Crippen LogP contribution in [0.2, 0.25) is 0 Å². The topological polar surface area (TPSA) is 83.6 Å². The number of anilines is 2. The third kappa shape index (κ3) is 2.57. The van der Waals surface area contributed by atoms with E-state index in [-0.39, 0.29) is 18.1 Å². The zero-order valence-electron chi connectivity index (χ0n) is 13.9. The molecule has 0 saturated carbocycles. The van der Waals surface area contributed by atoms with Gasteiger partial charge in [-0.25, -0.2) is 9.69 Å². The van der Waals surface area contributed by atoms with Gasteiger partial charge in [-0.15, -0.1) is 0 Å². The largest absolute Gasteiger partial charge is 0.464 e. The fourth-order valence-corrected chi connectivity index (χ4v) is 3.05. The lowest BCUT2D eigenvalue weighted by Gasteiger charge is -2.15. The average molecular weight is 338 g/mol. The number of urea groups is 1. The molecule has 2 atom stereocenters. The number of hydrogen-bond donors (Lipinski definition) is 2. The van der Waals surface area contributed by atoms with Crippen LogP contribution in [0.4, 0.5) is 16.2 Å². The van der Waals surface area contributed by atoms with Crippen LogP contribution >= 0.6 is 0 Å². The van der Waals surface area contributed by atoms with Crippen LogP contribution in [0.25, 0.3) is 0 Å². The average Bonchev–Trinajstić information content (AvgIpc) is 3.16. The first kappa shape index (κ1) is 15.4. The number of carbonyl (C=O) groups is 2. The summed E-state index contributed by atoms with van der Waals surface area (Å²) in [7, 11) is 0. The van der Waals surface area contributed by atoms with Gasteiger partial charge in [0.1, 0.15) is 11.8 Å². The predicted octanol–water partition coefficient (Wildman–Crippen LogP) is 2.67. The van der Waals surface area contributed by atoms with Crippen LogP contribution < -0.4 is 20.3 Å². The molecule has 7 heteroatoms. The van der Waals surface area contributed by atoms with Crippen molar-refractivity contribution in [1.82, 2.24) is 10.3 Å². The molecule has 1 aromatic carbocycles. The van der Waals surface area contributed by atoms with E-state index < -0.39 is 12.1 Å². The SMILES string of the molecule is CC(C)C1NC(=O)N(c2ccc3c(c2)OC(c2ccncc2)N3)C1=O. The van der Waals surface area contributed by atoms with Crippen LogP contribution in [-0.2, 0) is 4.79 Å². The van der Waals surface area contributed by atoms with Crippen molar-refractivity contribution < 1.29 is 14.3 Å². The fraction of sp³-hybridized carbons (Fsp3) is 0.278. The summed E-state index contributed by atoms with van der Waals surface area (Å²) in [6.07, 6.45) is 3.09. The Balaban J connectivity index is 1.60. The maximum absolute atomic E-state index is 12.5. The Morgan fingerprint density at radius 1 is 1.12 bits per heavy atom. The van der Waals surface area contributed by atoms with Gasteiger partial charge in [0.2, 0.25) is 0 Å². The van der Waals surface area contributed by atoms with E-state index in [2.05, 4.69) is 15.6 Å². The van der Waals surface area contributed by atoms with E-state index >= 15 is 0 Å². The van der Waals surface area contributed by atoms with Gasteiger partial charge in [0.05, 0.1) is 11.4 Å². The number of carbonyl (C=O) groups excluding carboxylic acids is 2. The number of amides is 3. The maximum Gasteiger partial charge on any atom is 0.329 e. The van der Waals surface area contributed by atoms with Gasteiger partial charge in [-0.3, -0.25) is 9.78 Å². The molecule has 0 bridgehead atoms. The number of nitrogens with zero attached hydrogens (tertiary/aromatic N) is 2. The molecule has 2 aromatic rings. The van der Waals surface area contributed by atoms with Gasteiger partial charge in [0.15, 0.2) is 6.23 Å². The van der Waals surface area contributed by atoms with E-state index in [1.54, 1.807) is 24.5 Å². The summed E-state index contributed by atoms with van der Waals surface area (Å²) in [5.41, 5.74) is 2.27. The molecule has 2 aliphatic heterocycles. The van der Waals surface area contributed by atoms with Crippen LogP contribution in [0, 0.1) is 5.92 Å². The summed E-state index contributed by atoms with van der Waals surface area (Å²) in [4.78, 5) is 29.9. The van der Waals surface area contributed by atoms with E-state index in [1.807, 2.05) is 32.0 Å². The lowest BCUT2D eigenvalue weighted by molar-refractivity contribution is -0.119. The minimum Gasteiger partial charge on any atom is -0.464 e. The Bertz CT molecular complexity index is 837. The first-order chi connectivity index (χ1) is 12.0. The Labute approximate surface area is 145 Å². The Kier molecular flexibility index (Phi) is 3.56. The second-order valence-corrected chi connectivity index (χ2v) is 6.45. The third-order valence-corrected chi connectivity index (χ3v) is 4.40. The lowest BCUT2D eigenvalue weighted by Crippen LogP contribution is -2.34. The van der Waals surface area contributed by atoms with Crippen LogP contribution in [0.1, 0.15) is 25.6 Å². The van der Waals surface area contributed by atoms with E-state index in [0.29, 0.717) is 11.4 Å². The molecule has 0 spiro atoms. The fourth-order valence-electron chi connectivity index (χ4n) is 3.05. The number of fused-ring (bicyclic) bond motifs is 1. The van der Waals surface area contributed by atoms with Gasteiger partial charge >= 0.3 is 6.03 Å². The summed E-state index contributed by atoms with van der Waals surface area (Å²) in [5.74, 6) is 0.398. The zero-order valence-corrected chi connectivity index (χ0v) is 13.9. The summed E-state index contributed by atoms with van der Waals surface area (Å²) in [6, 6.07) is 8.11. The van der Waals surface area contributed by atoms with E-state index in [0.717, 1.165) is 11.3 Å². The van der Waals surface area contributed by atoms with Crippen molar-refractivity contribution in [2.24, 2.45) is 5.92 Å². The molecule has 128 valence electrons. The summed E-state index contributed by atoms with van der Waals surface area (Å²) < 4.78 is 5.93. The molecule has 7 nitrogen and oxygen atoms in total. The Morgan fingerprint density at radius 3 is 2.56 bits per heavy atom. The Morgan fingerprint density at radius 2 is 1.88 bits per heavy atom. The molecule has 25 heavy (non-hydrogen) atoms. The molecule has 3 amide bonds. The zero-order chi connectivity index (χ0) is 17.6. The highest BCUT2D eigenvalue weighted by Crippen LogP contribution is 2.40. The molecule has 3 heterocycles. The number of pyridine rings is 1.